The molecule has 1 rings (SSSR count). The van der Waals surface area contributed by atoms with Gasteiger partial charge in [-0.1, -0.05) is 0 Å². The van der Waals surface area contributed by atoms with Crippen LogP contribution in [0.5, 0.6) is 0 Å². The molecule has 0 saturated heterocycles. The third kappa shape index (κ3) is 2.60. The van der Waals surface area contributed by atoms with Gasteiger partial charge in [-0.3, -0.25) is 9.78 Å². The van der Waals surface area contributed by atoms with E-state index in [1.807, 2.05) is 0 Å². The summed E-state index contributed by atoms with van der Waals surface area (Å²) in [5.74, 6) is 0. The Balaban J connectivity index is 3.22. The van der Waals surface area contributed by atoms with Crippen LogP contribution in [0.1, 0.15) is 11.1 Å². The summed E-state index contributed by atoms with van der Waals surface area (Å²) < 4.78 is 0. The van der Waals surface area contributed by atoms with Crippen LogP contribution in [0.15, 0.2) is 30.7 Å². The molecular weight excluding hydrogens is 190 g/mol. The predicted octanol–water partition coefficient (Wildman–Crippen LogP) is 1.24. The van der Waals surface area contributed by atoms with E-state index in [9.17, 15) is 4.79 Å². The van der Waals surface area contributed by atoms with Crippen LogP contribution in [0.25, 0.3) is 11.6 Å². The van der Waals surface area contributed by atoms with E-state index in [0.29, 0.717) is 11.9 Å². The highest BCUT2D eigenvalue weighted by atomic mass is 16.1. The van der Waals surface area contributed by atoms with Gasteiger partial charge in [-0.25, -0.2) is 0 Å². The molecule has 0 spiro atoms. The molecule has 0 unspecified atom stereocenters. The lowest BCUT2D eigenvalue weighted by Gasteiger charge is -2.04. The van der Waals surface area contributed by atoms with Crippen LogP contribution in [-0.2, 0) is 4.79 Å². The van der Waals surface area contributed by atoms with Crippen molar-refractivity contribution < 1.29 is 4.79 Å². The molecule has 0 atom stereocenters. The number of carbonyl (C=O) groups is 1. The highest BCUT2D eigenvalue weighted by Crippen LogP contribution is 2.16. The molecular formula is C11H11N3O. The Morgan fingerprint density at radius 1 is 1.53 bits per heavy atom. The largest absolute Gasteiger partial charge is 0.404 e. The summed E-state index contributed by atoms with van der Waals surface area (Å²) >= 11 is 0. The van der Waals surface area contributed by atoms with Crippen LogP contribution in [0, 0.1) is 5.41 Å². The molecule has 4 nitrogen and oxygen atoms in total. The lowest BCUT2D eigenvalue weighted by atomic mass is 10.0. The molecule has 4 heteroatoms. The highest BCUT2D eigenvalue weighted by Gasteiger charge is 2.02. The Morgan fingerprint density at radius 2 is 2.33 bits per heavy atom. The molecule has 0 fully saturated rings. The molecule has 0 aliphatic rings. The number of allylic oxidation sites excluding steroid dienone is 2. The molecule has 0 amide bonds. The van der Waals surface area contributed by atoms with Crippen LogP contribution in [0.2, 0.25) is 0 Å². The first kappa shape index (κ1) is 10.8. The second kappa shape index (κ2) is 5.49. The summed E-state index contributed by atoms with van der Waals surface area (Å²) in [6.07, 6.45) is 9.42. The fourth-order valence-corrected chi connectivity index (χ4v) is 1.16. The lowest BCUT2D eigenvalue weighted by Crippen LogP contribution is -1.94. The zero-order chi connectivity index (χ0) is 11.1. The first-order valence-electron chi connectivity index (χ1n) is 4.32. The van der Waals surface area contributed by atoms with Crippen LogP contribution in [0.4, 0.5) is 0 Å². The SMILES string of the molecule is N=C/C(=C\N)c1ccncc1/C=C/C=O. The monoisotopic (exact) mass is 201 g/mol. The van der Waals surface area contributed by atoms with E-state index in [1.165, 1.54) is 12.3 Å². The van der Waals surface area contributed by atoms with Crippen molar-refractivity contribution in [1.29, 1.82) is 5.41 Å². The maximum atomic E-state index is 10.2. The number of rotatable bonds is 4. The molecule has 76 valence electrons. The van der Waals surface area contributed by atoms with E-state index < -0.39 is 0 Å². The smallest absolute Gasteiger partial charge is 0.142 e. The average Bonchev–Trinajstić information content (AvgIpc) is 2.29. The second-order valence-electron chi connectivity index (χ2n) is 2.72. The van der Waals surface area contributed by atoms with Crippen LogP contribution in [0.3, 0.4) is 0 Å². The number of hydrogen-bond acceptors (Lipinski definition) is 4. The summed E-state index contributed by atoms with van der Waals surface area (Å²) in [6, 6.07) is 1.74. The molecule has 0 saturated carbocycles. The normalized spacial score (nSPS) is 11.6. The van der Waals surface area contributed by atoms with Crippen molar-refractivity contribution in [3.05, 3.63) is 41.9 Å². The Bertz CT molecular complexity index is 422. The molecule has 1 aromatic rings. The van der Waals surface area contributed by atoms with Gasteiger partial charge in [-0.15, -0.1) is 0 Å². The highest BCUT2D eigenvalue weighted by molar-refractivity contribution is 6.09. The number of aromatic nitrogens is 1. The number of hydrogen-bond donors (Lipinski definition) is 2. The minimum absolute atomic E-state index is 0.586. The predicted molar refractivity (Wildman–Crippen MR) is 60.3 cm³/mol. The van der Waals surface area contributed by atoms with E-state index in [-0.39, 0.29) is 0 Å². The van der Waals surface area contributed by atoms with Gasteiger partial charge in [-0.2, -0.15) is 0 Å². The van der Waals surface area contributed by atoms with E-state index in [2.05, 4.69) is 4.98 Å². The molecule has 1 aromatic heterocycles. The van der Waals surface area contributed by atoms with Crippen molar-refractivity contribution in [2.24, 2.45) is 5.73 Å². The number of nitrogens with two attached hydrogens (primary N) is 1. The lowest BCUT2D eigenvalue weighted by molar-refractivity contribution is -0.104. The molecule has 15 heavy (non-hydrogen) atoms. The van der Waals surface area contributed by atoms with Crippen molar-refractivity contribution in [3.8, 4) is 0 Å². The standard InChI is InChI=1S/C11H11N3O/c12-6-10(7-13)11-3-4-14-8-9(11)2-1-5-15/h1-8,12H,13H2/b2-1+,10-7+,12-6?. The minimum atomic E-state index is 0.586. The van der Waals surface area contributed by atoms with Gasteiger partial charge in [0.05, 0.1) is 0 Å². The quantitative estimate of drug-likeness (QED) is 0.437. The van der Waals surface area contributed by atoms with Crippen molar-refractivity contribution in [1.82, 2.24) is 4.98 Å². The Labute approximate surface area is 87.6 Å². The Kier molecular flexibility index (Phi) is 3.97. The van der Waals surface area contributed by atoms with E-state index >= 15 is 0 Å². The number of carbonyl (C=O) groups excluding carboxylic acids is 1. The van der Waals surface area contributed by atoms with Gasteiger partial charge < -0.3 is 11.1 Å². The van der Waals surface area contributed by atoms with E-state index in [4.69, 9.17) is 11.1 Å². The summed E-state index contributed by atoms with van der Waals surface area (Å²) in [5.41, 5.74) is 7.50. The van der Waals surface area contributed by atoms with Gasteiger partial charge in [0.15, 0.2) is 0 Å². The fourth-order valence-electron chi connectivity index (χ4n) is 1.16. The molecule has 0 bridgehead atoms. The van der Waals surface area contributed by atoms with Crippen LogP contribution in [-0.4, -0.2) is 17.5 Å². The second-order valence-corrected chi connectivity index (χ2v) is 2.72. The molecule has 0 radical (unpaired) electrons. The topological polar surface area (TPSA) is 79.8 Å². The van der Waals surface area contributed by atoms with Gasteiger partial charge in [0.2, 0.25) is 0 Å². The fraction of sp³-hybridized carbons (Fsp3) is 0. The zero-order valence-corrected chi connectivity index (χ0v) is 8.05. The average molecular weight is 201 g/mol. The van der Waals surface area contributed by atoms with Crippen molar-refractivity contribution in [3.63, 3.8) is 0 Å². The summed E-state index contributed by atoms with van der Waals surface area (Å²) in [6.45, 7) is 0. The van der Waals surface area contributed by atoms with Crippen molar-refractivity contribution in [2.75, 3.05) is 0 Å². The first-order valence-corrected chi connectivity index (χ1v) is 4.32. The number of pyridine rings is 1. The maximum absolute atomic E-state index is 10.2. The third-order valence-electron chi connectivity index (χ3n) is 1.85. The number of nitrogens with zero attached hydrogens (tertiary/aromatic N) is 1. The zero-order valence-electron chi connectivity index (χ0n) is 8.05. The molecule has 1 heterocycles. The molecule has 0 aliphatic heterocycles. The molecule has 3 N–H and O–H groups in total. The van der Waals surface area contributed by atoms with Crippen LogP contribution >= 0.6 is 0 Å². The number of nitrogens with one attached hydrogen (secondary N) is 1. The number of aldehydes is 1. The van der Waals surface area contributed by atoms with Gasteiger partial charge >= 0.3 is 0 Å². The van der Waals surface area contributed by atoms with Gasteiger partial charge in [0, 0.05) is 35.9 Å². The van der Waals surface area contributed by atoms with E-state index in [0.717, 1.165) is 17.3 Å². The van der Waals surface area contributed by atoms with Crippen molar-refractivity contribution in [2.45, 2.75) is 0 Å². The molecule has 0 aromatic carbocycles. The maximum Gasteiger partial charge on any atom is 0.142 e. The summed E-state index contributed by atoms with van der Waals surface area (Å²) in [4.78, 5) is 14.1. The summed E-state index contributed by atoms with van der Waals surface area (Å²) in [7, 11) is 0. The Morgan fingerprint density at radius 3 is 2.93 bits per heavy atom. The Hall–Kier alpha value is -2.23. The third-order valence-corrected chi connectivity index (χ3v) is 1.85. The van der Waals surface area contributed by atoms with Gasteiger partial charge in [-0.05, 0) is 23.8 Å². The minimum Gasteiger partial charge on any atom is -0.404 e. The van der Waals surface area contributed by atoms with Crippen LogP contribution < -0.4 is 5.73 Å². The first-order chi connectivity index (χ1) is 7.33. The van der Waals surface area contributed by atoms with E-state index in [1.54, 1.807) is 24.5 Å². The van der Waals surface area contributed by atoms with Gasteiger partial charge in [0.25, 0.3) is 0 Å². The van der Waals surface area contributed by atoms with Crippen molar-refractivity contribution >= 4 is 24.1 Å². The van der Waals surface area contributed by atoms with Gasteiger partial charge in [0.1, 0.15) is 6.29 Å². The summed E-state index contributed by atoms with van der Waals surface area (Å²) in [5, 5.41) is 7.18. The molecule has 0 aliphatic carbocycles.